The average molecular weight is 396 g/mol. The fourth-order valence-electron chi connectivity index (χ4n) is 3.14. The van der Waals surface area contributed by atoms with Crippen LogP contribution in [0.25, 0.3) is 0 Å². The molecule has 28 heavy (non-hydrogen) atoms. The Balaban J connectivity index is 1.42. The fourth-order valence-corrected chi connectivity index (χ4v) is 4.08. The smallest absolute Gasteiger partial charge is 0.308 e. The van der Waals surface area contributed by atoms with Crippen molar-refractivity contribution in [3.63, 3.8) is 0 Å². The van der Waals surface area contributed by atoms with Crippen LogP contribution >= 0.6 is 11.3 Å². The van der Waals surface area contributed by atoms with Crippen molar-refractivity contribution >= 4 is 17.2 Å². The second kappa shape index (κ2) is 7.90. The summed E-state index contributed by atoms with van der Waals surface area (Å²) in [5.41, 5.74) is 2.77. The SMILES string of the molecule is Cc1c(C(=O)NCc2ccc3c(c2)OCO3)sc(=O)n1CCc1ccccc1. The first-order chi connectivity index (χ1) is 13.6. The van der Waals surface area contributed by atoms with Crippen molar-refractivity contribution in [2.45, 2.75) is 26.4 Å². The lowest BCUT2D eigenvalue weighted by Crippen LogP contribution is -2.23. The maximum Gasteiger partial charge on any atom is 0.308 e. The molecule has 6 nitrogen and oxygen atoms in total. The molecule has 0 saturated heterocycles. The summed E-state index contributed by atoms with van der Waals surface area (Å²) < 4.78 is 12.3. The minimum atomic E-state index is -0.240. The number of ether oxygens (including phenoxy) is 2. The van der Waals surface area contributed by atoms with Crippen molar-refractivity contribution in [2.75, 3.05) is 6.79 Å². The van der Waals surface area contributed by atoms with Gasteiger partial charge in [0.05, 0.1) is 0 Å². The molecule has 0 atom stereocenters. The summed E-state index contributed by atoms with van der Waals surface area (Å²) in [4.78, 5) is 25.3. The van der Waals surface area contributed by atoms with Gasteiger partial charge in [-0.05, 0) is 36.6 Å². The van der Waals surface area contributed by atoms with Crippen molar-refractivity contribution in [3.05, 3.63) is 79.9 Å². The topological polar surface area (TPSA) is 69.6 Å². The van der Waals surface area contributed by atoms with E-state index in [-0.39, 0.29) is 17.6 Å². The Labute approximate surface area is 166 Å². The van der Waals surface area contributed by atoms with E-state index >= 15 is 0 Å². The van der Waals surface area contributed by atoms with Gasteiger partial charge in [-0.2, -0.15) is 0 Å². The number of rotatable bonds is 6. The molecule has 1 aromatic heterocycles. The lowest BCUT2D eigenvalue weighted by atomic mass is 10.1. The number of aryl methyl sites for hydroxylation is 1. The molecule has 3 aromatic rings. The third-order valence-corrected chi connectivity index (χ3v) is 5.79. The predicted molar refractivity (Wildman–Crippen MR) is 107 cm³/mol. The Morgan fingerprint density at radius 3 is 2.71 bits per heavy atom. The van der Waals surface area contributed by atoms with Crippen LogP contribution in [0.3, 0.4) is 0 Å². The van der Waals surface area contributed by atoms with Crippen LogP contribution in [-0.2, 0) is 19.5 Å². The van der Waals surface area contributed by atoms with Gasteiger partial charge in [-0.15, -0.1) is 0 Å². The zero-order valence-corrected chi connectivity index (χ0v) is 16.3. The van der Waals surface area contributed by atoms with Gasteiger partial charge in [-0.3, -0.25) is 9.59 Å². The molecule has 2 heterocycles. The number of aromatic nitrogens is 1. The number of nitrogens with one attached hydrogen (secondary N) is 1. The summed E-state index contributed by atoms with van der Waals surface area (Å²) in [6.07, 6.45) is 0.747. The van der Waals surface area contributed by atoms with Gasteiger partial charge in [0, 0.05) is 18.8 Å². The zero-order chi connectivity index (χ0) is 19.5. The monoisotopic (exact) mass is 396 g/mol. The van der Waals surface area contributed by atoms with Crippen molar-refractivity contribution in [2.24, 2.45) is 0 Å². The van der Waals surface area contributed by atoms with E-state index in [1.807, 2.05) is 55.5 Å². The molecule has 0 aliphatic carbocycles. The second-order valence-electron chi connectivity index (χ2n) is 6.54. The number of carbonyl (C=O) groups excluding carboxylic acids is 1. The van der Waals surface area contributed by atoms with Crippen molar-refractivity contribution in [1.82, 2.24) is 9.88 Å². The summed E-state index contributed by atoms with van der Waals surface area (Å²) in [6, 6.07) is 15.6. The number of hydrogen-bond donors (Lipinski definition) is 1. The molecule has 144 valence electrons. The van der Waals surface area contributed by atoms with Gasteiger partial charge in [0.15, 0.2) is 11.5 Å². The number of benzene rings is 2. The lowest BCUT2D eigenvalue weighted by Gasteiger charge is -2.07. The Hall–Kier alpha value is -3.06. The standard InChI is InChI=1S/C21H20N2O4S/c1-14-19(28-21(25)23(14)10-9-15-5-3-2-4-6-15)20(24)22-12-16-7-8-17-18(11-16)27-13-26-17/h2-8,11H,9-10,12-13H2,1H3,(H,22,24). The molecule has 0 radical (unpaired) electrons. The summed E-state index contributed by atoms with van der Waals surface area (Å²) >= 11 is 0.990. The van der Waals surface area contributed by atoms with Gasteiger partial charge in [0.2, 0.25) is 6.79 Å². The average Bonchev–Trinajstić information content (AvgIpc) is 3.29. The van der Waals surface area contributed by atoms with Gasteiger partial charge in [-0.25, -0.2) is 0 Å². The highest BCUT2D eigenvalue weighted by molar-refractivity contribution is 7.11. The number of nitrogens with zero attached hydrogens (tertiary/aromatic N) is 1. The van der Waals surface area contributed by atoms with E-state index in [0.29, 0.717) is 35.2 Å². The molecule has 0 fully saturated rings. The molecule has 1 N–H and O–H groups in total. The highest BCUT2D eigenvalue weighted by atomic mass is 32.1. The summed E-state index contributed by atoms with van der Waals surface area (Å²) in [5.74, 6) is 1.15. The van der Waals surface area contributed by atoms with Gasteiger partial charge in [-0.1, -0.05) is 47.7 Å². The number of carbonyl (C=O) groups is 1. The molecular formula is C21H20N2O4S. The molecule has 0 unspecified atom stereocenters. The van der Waals surface area contributed by atoms with Crippen molar-refractivity contribution < 1.29 is 14.3 Å². The van der Waals surface area contributed by atoms with E-state index in [9.17, 15) is 9.59 Å². The molecule has 7 heteroatoms. The van der Waals surface area contributed by atoms with E-state index in [2.05, 4.69) is 5.32 Å². The lowest BCUT2D eigenvalue weighted by molar-refractivity contribution is 0.0953. The minimum absolute atomic E-state index is 0.110. The van der Waals surface area contributed by atoms with Crippen LogP contribution in [0.4, 0.5) is 0 Å². The number of thiazole rings is 1. The van der Waals surface area contributed by atoms with E-state index in [1.54, 1.807) is 4.57 Å². The van der Waals surface area contributed by atoms with Crippen molar-refractivity contribution in [3.8, 4) is 11.5 Å². The number of fused-ring (bicyclic) bond motifs is 1. The zero-order valence-electron chi connectivity index (χ0n) is 15.4. The summed E-state index contributed by atoms with van der Waals surface area (Å²) in [6.45, 7) is 2.94. The van der Waals surface area contributed by atoms with E-state index in [0.717, 1.165) is 28.9 Å². The summed E-state index contributed by atoms with van der Waals surface area (Å²) in [7, 11) is 0. The highest BCUT2D eigenvalue weighted by Gasteiger charge is 2.18. The molecule has 4 rings (SSSR count). The third-order valence-electron chi connectivity index (χ3n) is 4.71. The third kappa shape index (κ3) is 3.80. The van der Waals surface area contributed by atoms with Crippen LogP contribution in [0.15, 0.2) is 53.3 Å². The molecule has 0 bridgehead atoms. The Kier molecular flexibility index (Phi) is 5.16. The number of hydrogen-bond acceptors (Lipinski definition) is 5. The second-order valence-corrected chi connectivity index (χ2v) is 7.50. The van der Waals surface area contributed by atoms with Crippen LogP contribution < -0.4 is 19.7 Å². The largest absolute Gasteiger partial charge is 0.454 e. The van der Waals surface area contributed by atoms with Gasteiger partial charge in [0.1, 0.15) is 4.88 Å². The normalized spacial score (nSPS) is 12.2. The van der Waals surface area contributed by atoms with Gasteiger partial charge >= 0.3 is 4.87 Å². The summed E-state index contributed by atoms with van der Waals surface area (Å²) in [5, 5.41) is 2.88. The molecule has 0 saturated carbocycles. The van der Waals surface area contributed by atoms with Crippen LogP contribution in [-0.4, -0.2) is 17.3 Å². The van der Waals surface area contributed by atoms with Crippen LogP contribution in [0.1, 0.15) is 26.5 Å². The first-order valence-electron chi connectivity index (χ1n) is 9.02. The number of amides is 1. The highest BCUT2D eigenvalue weighted by Crippen LogP contribution is 2.32. The molecule has 1 aliphatic rings. The Morgan fingerprint density at radius 1 is 1.11 bits per heavy atom. The Bertz CT molecular complexity index is 1060. The first kappa shape index (κ1) is 18.3. The van der Waals surface area contributed by atoms with Crippen LogP contribution in [0, 0.1) is 6.92 Å². The molecule has 1 aliphatic heterocycles. The van der Waals surface area contributed by atoms with Gasteiger partial charge in [0.25, 0.3) is 5.91 Å². The van der Waals surface area contributed by atoms with E-state index < -0.39 is 0 Å². The maximum atomic E-state index is 12.6. The molecule has 0 spiro atoms. The molecular weight excluding hydrogens is 376 g/mol. The Morgan fingerprint density at radius 2 is 1.89 bits per heavy atom. The fraction of sp³-hybridized carbons (Fsp3) is 0.238. The van der Waals surface area contributed by atoms with Crippen LogP contribution in [0.2, 0.25) is 0 Å². The van der Waals surface area contributed by atoms with Crippen molar-refractivity contribution in [1.29, 1.82) is 0 Å². The van der Waals surface area contributed by atoms with E-state index in [4.69, 9.17) is 9.47 Å². The van der Waals surface area contributed by atoms with Crippen LogP contribution in [0.5, 0.6) is 11.5 Å². The molecule has 2 aromatic carbocycles. The maximum absolute atomic E-state index is 12.6. The quantitative estimate of drug-likeness (QED) is 0.695. The van der Waals surface area contributed by atoms with Gasteiger partial charge < -0.3 is 19.4 Å². The molecule has 1 amide bonds. The predicted octanol–water partition coefficient (Wildman–Crippen LogP) is 3.12. The minimum Gasteiger partial charge on any atom is -0.454 e. The van der Waals surface area contributed by atoms with E-state index in [1.165, 1.54) is 0 Å². The first-order valence-corrected chi connectivity index (χ1v) is 9.84.